The Morgan fingerprint density at radius 3 is 2.34 bits per heavy atom. The molecule has 3 heterocycles. The van der Waals surface area contributed by atoms with E-state index in [-0.39, 0.29) is 55.1 Å². The number of fused-ring (bicyclic) bond motifs is 1. The predicted octanol–water partition coefficient (Wildman–Crippen LogP) is 5.83. The van der Waals surface area contributed by atoms with Crippen LogP contribution in [0.3, 0.4) is 0 Å². The van der Waals surface area contributed by atoms with Crippen molar-refractivity contribution in [3.05, 3.63) is 78.4 Å². The Hall–Kier alpha value is -2.91. The molecule has 1 aliphatic heterocycles. The van der Waals surface area contributed by atoms with E-state index in [0.717, 1.165) is 25.8 Å². The fourth-order valence-electron chi connectivity index (χ4n) is 4.85. The van der Waals surface area contributed by atoms with Crippen LogP contribution < -0.4 is 19.9 Å². The largest absolute Gasteiger partial charge is 0.493 e. The van der Waals surface area contributed by atoms with Gasteiger partial charge in [-0.2, -0.15) is 0 Å². The molecule has 11 heteroatoms. The highest BCUT2D eigenvalue weighted by Gasteiger charge is 2.45. The van der Waals surface area contributed by atoms with Gasteiger partial charge in [0.05, 0.1) is 18.0 Å². The minimum Gasteiger partial charge on any atom is -0.493 e. The molecule has 0 fully saturated rings. The Morgan fingerprint density at radius 1 is 0.951 bits per heavy atom. The first-order valence-electron chi connectivity index (χ1n) is 13.2. The summed E-state index contributed by atoms with van der Waals surface area (Å²) >= 11 is 0. The first kappa shape index (κ1) is 36.1. The molecule has 224 valence electrons. The lowest BCUT2D eigenvalue weighted by Gasteiger charge is -2.27. The van der Waals surface area contributed by atoms with Crippen molar-refractivity contribution in [2.75, 3.05) is 36.5 Å². The van der Waals surface area contributed by atoms with Crippen molar-refractivity contribution < 1.29 is 14.3 Å². The van der Waals surface area contributed by atoms with E-state index in [9.17, 15) is 9.59 Å². The van der Waals surface area contributed by atoms with Crippen LogP contribution in [0.4, 0.5) is 11.4 Å². The smallest absolute Gasteiger partial charge is 0.242 e. The molecular formula is C30H40Cl3N5O3. The first-order chi connectivity index (χ1) is 18.3. The fraction of sp³-hybridized carbons (Fsp3) is 0.400. The molecule has 4 rings (SSSR count). The van der Waals surface area contributed by atoms with Gasteiger partial charge in [0, 0.05) is 50.5 Å². The first-order valence-corrected chi connectivity index (χ1v) is 13.2. The summed E-state index contributed by atoms with van der Waals surface area (Å²) in [5.41, 5.74) is 2.71. The number of pyridine rings is 2. The number of ether oxygens (including phenoxy) is 1. The van der Waals surface area contributed by atoms with Crippen LogP contribution in [0.5, 0.6) is 5.75 Å². The van der Waals surface area contributed by atoms with Crippen molar-refractivity contribution in [3.8, 4) is 5.75 Å². The molecule has 0 bridgehead atoms. The number of anilines is 2. The van der Waals surface area contributed by atoms with Gasteiger partial charge >= 0.3 is 0 Å². The van der Waals surface area contributed by atoms with Gasteiger partial charge in [0.2, 0.25) is 11.8 Å². The number of carbonyl (C=O) groups excluding carboxylic acids is 2. The lowest BCUT2D eigenvalue weighted by atomic mass is 9.90. The lowest BCUT2D eigenvalue weighted by Crippen LogP contribution is -2.47. The highest BCUT2D eigenvalue weighted by Crippen LogP contribution is 2.40. The molecular weight excluding hydrogens is 585 g/mol. The number of amides is 2. The Kier molecular flexibility index (Phi) is 14.5. The molecule has 0 aliphatic carbocycles. The standard InChI is InChI=1S/C30H37N5O3.3ClH/c1-5-35-27-20-24(10-12-26(27)34(4)28(36)30(2,3)29(35)37)38-19-7-16-33-25(23-13-17-31-18-14-23)11-9-22-8-6-15-32-21-22;;;/h6,8,10,12-15,17-18,20-21,25,33H,5,7,9,11,16,19H2,1-4H3;3*1H. The van der Waals surface area contributed by atoms with Crippen LogP contribution in [0.25, 0.3) is 0 Å². The predicted molar refractivity (Wildman–Crippen MR) is 171 cm³/mol. The lowest BCUT2D eigenvalue weighted by molar-refractivity contribution is -0.137. The molecule has 0 saturated carbocycles. The molecule has 3 aromatic rings. The van der Waals surface area contributed by atoms with Crippen LogP contribution in [0.2, 0.25) is 0 Å². The second-order valence-electron chi connectivity index (χ2n) is 10.1. The number of nitrogens with zero attached hydrogens (tertiary/aromatic N) is 4. The van der Waals surface area contributed by atoms with Crippen molar-refractivity contribution in [3.63, 3.8) is 0 Å². The van der Waals surface area contributed by atoms with Gasteiger partial charge in [-0.15, -0.1) is 37.2 Å². The van der Waals surface area contributed by atoms with Crippen LogP contribution >= 0.6 is 37.2 Å². The zero-order valence-corrected chi connectivity index (χ0v) is 26.4. The van der Waals surface area contributed by atoms with E-state index in [0.29, 0.717) is 30.3 Å². The van der Waals surface area contributed by atoms with Gasteiger partial charge in [-0.25, -0.2) is 0 Å². The average molecular weight is 625 g/mol. The third-order valence-corrected chi connectivity index (χ3v) is 7.07. The third-order valence-electron chi connectivity index (χ3n) is 7.07. The molecule has 0 radical (unpaired) electrons. The van der Waals surface area contributed by atoms with Crippen molar-refractivity contribution in [2.45, 2.75) is 46.1 Å². The SMILES string of the molecule is CCN1C(=O)C(C)(C)C(=O)N(C)c2ccc(OCCCNC(CCc3cccnc3)c3ccncc3)cc21.Cl.Cl.Cl. The monoisotopic (exact) mass is 623 g/mol. The number of aryl methyl sites for hydroxylation is 1. The molecule has 2 aromatic heterocycles. The molecule has 41 heavy (non-hydrogen) atoms. The molecule has 8 nitrogen and oxygen atoms in total. The molecule has 1 aromatic carbocycles. The van der Waals surface area contributed by atoms with E-state index >= 15 is 0 Å². The quantitative estimate of drug-likeness (QED) is 0.213. The molecule has 0 saturated heterocycles. The summed E-state index contributed by atoms with van der Waals surface area (Å²) in [6.45, 7) is 7.07. The van der Waals surface area contributed by atoms with Crippen LogP contribution in [-0.2, 0) is 16.0 Å². The molecule has 1 atom stereocenters. The van der Waals surface area contributed by atoms with Gasteiger partial charge in [0.25, 0.3) is 0 Å². The summed E-state index contributed by atoms with van der Waals surface area (Å²) in [6.07, 6.45) is 10.1. The zero-order chi connectivity index (χ0) is 27.1. The maximum Gasteiger partial charge on any atom is 0.242 e. The van der Waals surface area contributed by atoms with Gasteiger partial charge in [-0.1, -0.05) is 6.07 Å². The van der Waals surface area contributed by atoms with Crippen molar-refractivity contribution in [2.24, 2.45) is 5.41 Å². The Bertz CT molecular complexity index is 1250. The molecule has 1 aliphatic rings. The normalized spacial score (nSPS) is 14.5. The van der Waals surface area contributed by atoms with E-state index in [1.54, 1.807) is 36.9 Å². The van der Waals surface area contributed by atoms with Gasteiger partial charge in [0.1, 0.15) is 11.2 Å². The van der Waals surface area contributed by atoms with E-state index < -0.39 is 5.41 Å². The second-order valence-corrected chi connectivity index (χ2v) is 10.1. The second kappa shape index (κ2) is 16.5. The van der Waals surface area contributed by atoms with Crippen LogP contribution in [0.15, 0.2) is 67.3 Å². The van der Waals surface area contributed by atoms with Gasteiger partial charge in [0.15, 0.2) is 0 Å². The van der Waals surface area contributed by atoms with E-state index in [2.05, 4.69) is 33.5 Å². The maximum absolute atomic E-state index is 13.2. The fourth-order valence-corrected chi connectivity index (χ4v) is 4.85. The van der Waals surface area contributed by atoms with E-state index in [4.69, 9.17) is 4.74 Å². The molecule has 1 unspecified atom stereocenters. The van der Waals surface area contributed by atoms with Gasteiger partial charge in [-0.05, 0) is 88.0 Å². The summed E-state index contributed by atoms with van der Waals surface area (Å²) in [5.74, 6) is 0.259. The number of carbonyl (C=O) groups is 2. The molecule has 0 spiro atoms. The Labute approximate surface area is 261 Å². The minimum absolute atomic E-state index is 0. The molecule has 1 N–H and O–H groups in total. The van der Waals surface area contributed by atoms with E-state index in [1.165, 1.54) is 11.1 Å². The minimum atomic E-state index is -1.13. The van der Waals surface area contributed by atoms with Crippen molar-refractivity contribution in [1.29, 1.82) is 0 Å². The number of hydrogen-bond donors (Lipinski definition) is 1. The van der Waals surface area contributed by atoms with Crippen LogP contribution in [-0.4, -0.2) is 48.5 Å². The topological polar surface area (TPSA) is 87.7 Å². The number of rotatable bonds is 11. The number of nitrogens with one attached hydrogen (secondary N) is 1. The van der Waals surface area contributed by atoms with Crippen molar-refractivity contribution >= 4 is 60.4 Å². The maximum atomic E-state index is 13.2. The summed E-state index contributed by atoms with van der Waals surface area (Å²) in [7, 11) is 1.72. The Balaban J connectivity index is 0.00000280. The summed E-state index contributed by atoms with van der Waals surface area (Å²) in [4.78, 5) is 37.7. The van der Waals surface area contributed by atoms with Crippen LogP contribution in [0, 0.1) is 5.41 Å². The molecule has 2 amide bonds. The number of hydrogen-bond acceptors (Lipinski definition) is 6. The van der Waals surface area contributed by atoms with E-state index in [1.807, 2.05) is 49.8 Å². The Morgan fingerprint density at radius 2 is 1.68 bits per heavy atom. The van der Waals surface area contributed by atoms with Crippen LogP contribution in [0.1, 0.15) is 50.8 Å². The third kappa shape index (κ3) is 8.55. The highest BCUT2D eigenvalue weighted by atomic mass is 35.5. The number of aromatic nitrogens is 2. The van der Waals surface area contributed by atoms with Crippen molar-refractivity contribution in [1.82, 2.24) is 15.3 Å². The number of benzene rings is 1. The highest BCUT2D eigenvalue weighted by molar-refractivity contribution is 6.20. The zero-order valence-electron chi connectivity index (χ0n) is 23.9. The number of halogens is 3. The van der Waals surface area contributed by atoms with Gasteiger partial charge < -0.3 is 19.9 Å². The summed E-state index contributed by atoms with van der Waals surface area (Å²) < 4.78 is 6.07. The summed E-state index contributed by atoms with van der Waals surface area (Å²) in [6, 6.07) is 14.0. The summed E-state index contributed by atoms with van der Waals surface area (Å²) in [5, 5.41) is 3.67. The van der Waals surface area contributed by atoms with Gasteiger partial charge in [-0.3, -0.25) is 19.6 Å². The average Bonchev–Trinajstić information content (AvgIpc) is 2.99.